The predicted molar refractivity (Wildman–Crippen MR) is 121 cm³/mol. The molecule has 1 aliphatic rings. The van der Waals surface area contributed by atoms with Crippen LogP contribution in [-0.4, -0.2) is 50.7 Å². The van der Waals surface area contributed by atoms with Gasteiger partial charge >= 0.3 is 6.03 Å². The summed E-state index contributed by atoms with van der Waals surface area (Å²) < 4.78 is 10.6. The summed E-state index contributed by atoms with van der Waals surface area (Å²) in [7, 11) is 3.14. The van der Waals surface area contributed by atoms with Crippen molar-refractivity contribution in [3.8, 4) is 11.5 Å². The van der Waals surface area contributed by atoms with Crippen LogP contribution in [0.15, 0.2) is 42.5 Å². The highest BCUT2D eigenvalue weighted by Crippen LogP contribution is 2.32. The topological polar surface area (TPSA) is 79.9 Å². The van der Waals surface area contributed by atoms with Gasteiger partial charge in [-0.2, -0.15) is 0 Å². The van der Waals surface area contributed by atoms with Crippen molar-refractivity contribution in [2.75, 3.05) is 39.2 Å². The zero-order chi connectivity index (χ0) is 22.4. The van der Waals surface area contributed by atoms with E-state index in [1.54, 1.807) is 37.3 Å². The maximum atomic E-state index is 13.2. The summed E-state index contributed by atoms with van der Waals surface area (Å²) in [5.74, 6) is 0.827. The number of ether oxygens (including phenoxy) is 2. The third-order valence-electron chi connectivity index (χ3n) is 5.57. The van der Waals surface area contributed by atoms with E-state index in [1.165, 1.54) is 0 Å². The number of benzene rings is 2. The van der Waals surface area contributed by atoms with Crippen molar-refractivity contribution in [3.05, 3.63) is 53.6 Å². The number of anilines is 1. The summed E-state index contributed by atoms with van der Waals surface area (Å²) in [6.45, 7) is 5.45. The molecule has 7 nitrogen and oxygen atoms in total. The van der Waals surface area contributed by atoms with Gasteiger partial charge in [-0.1, -0.05) is 29.8 Å². The summed E-state index contributed by atoms with van der Waals surface area (Å²) >= 11 is 0. The van der Waals surface area contributed by atoms with E-state index in [4.69, 9.17) is 9.47 Å². The summed E-state index contributed by atoms with van der Waals surface area (Å²) in [6, 6.07) is 13.4. The first kappa shape index (κ1) is 22.5. The van der Waals surface area contributed by atoms with Crippen LogP contribution in [0.4, 0.5) is 10.5 Å². The number of urea groups is 1. The lowest BCUT2D eigenvalue weighted by molar-refractivity contribution is -0.121. The van der Waals surface area contributed by atoms with Crippen molar-refractivity contribution in [1.82, 2.24) is 10.2 Å². The smallest absolute Gasteiger partial charge is 0.317 e. The van der Waals surface area contributed by atoms with Gasteiger partial charge in [0.15, 0.2) is 0 Å². The average Bonchev–Trinajstić information content (AvgIpc) is 2.78. The van der Waals surface area contributed by atoms with Gasteiger partial charge in [0.2, 0.25) is 5.91 Å². The van der Waals surface area contributed by atoms with Crippen LogP contribution in [0.3, 0.4) is 0 Å². The molecule has 2 atom stereocenters. The van der Waals surface area contributed by atoms with Gasteiger partial charge in [0.25, 0.3) is 0 Å². The molecule has 0 bridgehead atoms. The first-order valence-electron chi connectivity index (χ1n) is 10.6. The standard InChI is InChI=1S/C24H31N3O4/c1-5-25-24(29)27-14-18(17-8-6-7-16(2)9-17)10-19(15-27)23(28)26-20-11-21(30-3)13-22(12-20)31-4/h6-9,11-13,18-19H,5,10,14-15H2,1-4H3,(H,25,29)(H,26,28). The number of amides is 3. The van der Waals surface area contributed by atoms with Crippen LogP contribution in [0, 0.1) is 12.8 Å². The van der Waals surface area contributed by atoms with E-state index in [0.717, 1.165) is 11.1 Å². The molecule has 31 heavy (non-hydrogen) atoms. The Bertz CT molecular complexity index is 909. The zero-order valence-corrected chi connectivity index (χ0v) is 18.6. The second-order valence-electron chi connectivity index (χ2n) is 7.87. The lowest BCUT2D eigenvalue weighted by Gasteiger charge is -2.37. The molecule has 1 aliphatic heterocycles. The van der Waals surface area contributed by atoms with Crippen LogP contribution in [0.1, 0.15) is 30.4 Å². The van der Waals surface area contributed by atoms with Crippen molar-refractivity contribution in [2.45, 2.75) is 26.2 Å². The number of rotatable bonds is 6. The molecule has 0 saturated carbocycles. The van der Waals surface area contributed by atoms with Gasteiger partial charge in [0.05, 0.1) is 20.1 Å². The fourth-order valence-corrected chi connectivity index (χ4v) is 4.01. The van der Waals surface area contributed by atoms with Crippen LogP contribution in [0.2, 0.25) is 0 Å². The highest BCUT2D eigenvalue weighted by Gasteiger charge is 2.34. The Labute approximate surface area is 183 Å². The van der Waals surface area contributed by atoms with Crippen molar-refractivity contribution in [1.29, 1.82) is 0 Å². The van der Waals surface area contributed by atoms with Gasteiger partial charge in [-0.05, 0) is 25.8 Å². The Morgan fingerprint density at radius 2 is 1.77 bits per heavy atom. The number of hydrogen-bond acceptors (Lipinski definition) is 4. The Balaban J connectivity index is 1.82. The largest absolute Gasteiger partial charge is 0.497 e. The van der Waals surface area contributed by atoms with E-state index in [0.29, 0.717) is 43.2 Å². The van der Waals surface area contributed by atoms with Gasteiger partial charge in [0, 0.05) is 49.4 Å². The van der Waals surface area contributed by atoms with E-state index in [-0.39, 0.29) is 23.8 Å². The highest BCUT2D eigenvalue weighted by molar-refractivity contribution is 5.93. The van der Waals surface area contributed by atoms with Gasteiger partial charge in [-0.3, -0.25) is 4.79 Å². The van der Waals surface area contributed by atoms with Crippen LogP contribution in [0.5, 0.6) is 11.5 Å². The molecule has 0 aliphatic carbocycles. The molecule has 7 heteroatoms. The molecule has 3 rings (SSSR count). The van der Waals surface area contributed by atoms with Crippen molar-refractivity contribution in [2.24, 2.45) is 5.92 Å². The molecule has 3 amide bonds. The third kappa shape index (κ3) is 5.69. The first-order valence-corrected chi connectivity index (χ1v) is 10.6. The third-order valence-corrected chi connectivity index (χ3v) is 5.57. The molecule has 0 aromatic heterocycles. The molecule has 0 radical (unpaired) electrons. The predicted octanol–water partition coefficient (Wildman–Crippen LogP) is 3.79. The maximum Gasteiger partial charge on any atom is 0.317 e. The van der Waals surface area contributed by atoms with E-state index in [2.05, 4.69) is 22.8 Å². The number of aryl methyl sites for hydroxylation is 1. The van der Waals surface area contributed by atoms with E-state index in [9.17, 15) is 9.59 Å². The van der Waals surface area contributed by atoms with E-state index < -0.39 is 0 Å². The molecule has 1 heterocycles. The number of piperidine rings is 1. The minimum atomic E-state index is -0.334. The lowest BCUT2D eigenvalue weighted by atomic mass is 9.83. The van der Waals surface area contributed by atoms with Crippen molar-refractivity contribution in [3.63, 3.8) is 0 Å². The van der Waals surface area contributed by atoms with Gasteiger partial charge in [-0.25, -0.2) is 4.79 Å². The van der Waals surface area contributed by atoms with Crippen LogP contribution in [0.25, 0.3) is 0 Å². The van der Waals surface area contributed by atoms with Crippen LogP contribution < -0.4 is 20.1 Å². The normalized spacial score (nSPS) is 18.3. The number of carbonyl (C=O) groups excluding carboxylic acids is 2. The molecule has 166 valence electrons. The highest BCUT2D eigenvalue weighted by atomic mass is 16.5. The molecule has 2 aromatic rings. The summed E-state index contributed by atoms with van der Waals surface area (Å²) in [5, 5.41) is 5.84. The number of carbonyl (C=O) groups is 2. The van der Waals surface area contributed by atoms with E-state index in [1.807, 2.05) is 26.0 Å². The molecule has 1 saturated heterocycles. The second-order valence-corrected chi connectivity index (χ2v) is 7.87. The molecular weight excluding hydrogens is 394 g/mol. The fourth-order valence-electron chi connectivity index (χ4n) is 4.01. The monoisotopic (exact) mass is 425 g/mol. The summed E-state index contributed by atoms with van der Waals surface area (Å²) in [4.78, 5) is 27.5. The Morgan fingerprint density at radius 1 is 1.06 bits per heavy atom. The molecule has 2 aromatic carbocycles. The van der Waals surface area contributed by atoms with Crippen LogP contribution >= 0.6 is 0 Å². The van der Waals surface area contributed by atoms with Gasteiger partial charge in [0.1, 0.15) is 11.5 Å². The maximum absolute atomic E-state index is 13.2. The van der Waals surface area contributed by atoms with Crippen LogP contribution in [-0.2, 0) is 4.79 Å². The first-order chi connectivity index (χ1) is 14.9. The van der Waals surface area contributed by atoms with Gasteiger partial charge < -0.3 is 25.0 Å². The van der Waals surface area contributed by atoms with Crippen molar-refractivity contribution >= 4 is 17.6 Å². The van der Waals surface area contributed by atoms with E-state index >= 15 is 0 Å². The average molecular weight is 426 g/mol. The van der Waals surface area contributed by atoms with Crippen molar-refractivity contribution < 1.29 is 19.1 Å². The minimum Gasteiger partial charge on any atom is -0.497 e. The lowest BCUT2D eigenvalue weighted by Crippen LogP contribution is -2.50. The molecule has 1 fully saturated rings. The number of methoxy groups -OCH3 is 2. The Hall–Kier alpha value is -3.22. The minimum absolute atomic E-state index is 0.0897. The number of nitrogens with one attached hydrogen (secondary N) is 2. The SMILES string of the molecule is CCNC(=O)N1CC(C(=O)Nc2cc(OC)cc(OC)c2)CC(c2cccc(C)c2)C1. The number of nitrogens with zero attached hydrogens (tertiary/aromatic N) is 1. The molecule has 0 spiro atoms. The van der Waals surface area contributed by atoms with Gasteiger partial charge in [-0.15, -0.1) is 0 Å². The quantitative estimate of drug-likeness (QED) is 0.738. The summed E-state index contributed by atoms with van der Waals surface area (Å²) in [5.41, 5.74) is 2.91. The zero-order valence-electron chi connectivity index (χ0n) is 18.6. The fraction of sp³-hybridized carbons (Fsp3) is 0.417. The number of likely N-dealkylation sites (tertiary alicyclic amines) is 1. The molecule has 2 unspecified atom stereocenters. The number of hydrogen-bond donors (Lipinski definition) is 2. The molecule has 2 N–H and O–H groups in total. The Kier molecular flexibility index (Phi) is 7.39. The Morgan fingerprint density at radius 3 is 2.39 bits per heavy atom. The molecular formula is C24H31N3O4. The second kappa shape index (κ2) is 10.2. The summed E-state index contributed by atoms with van der Waals surface area (Å²) in [6.07, 6.45) is 0.673.